The molecule has 1 nitrogen and oxygen atoms in total. The van der Waals surface area contributed by atoms with Crippen molar-refractivity contribution in [3.63, 3.8) is 0 Å². The van der Waals surface area contributed by atoms with Gasteiger partial charge in [0.05, 0.1) is 0 Å². The van der Waals surface area contributed by atoms with Crippen LogP contribution in [0.3, 0.4) is 0 Å². The highest BCUT2D eigenvalue weighted by Gasteiger charge is 2.20. The van der Waals surface area contributed by atoms with E-state index in [2.05, 4.69) is 42.9 Å². The summed E-state index contributed by atoms with van der Waals surface area (Å²) < 4.78 is 41.3. The molecule has 104 valence electrons. The average molecular weight is 265 g/mol. The highest BCUT2D eigenvalue weighted by Crippen LogP contribution is 2.06. The fourth-order valence-corrected chi connectivity index (χ4v) is 1.40. The lowest BCUT2D eigenvalue weighted by Crippen LogP contribution is -2.32. The molecule has 1 heterocycles. The average Bonchev–Trinajstić information content (AvgIpc) is 2.25. The van der Waals surface area contributed by atoms with E-state index < -0.39 is 7.25 Å². The van der Waals surface area contributed by atoms with Crippen LogP contribution in [0.1, 0.15) is 38.2 Å². The van der Waals surface area contributed by atoms with Crippen molar-refractivity contribution in [2.75, 3.05) is 0 Å². The van der Waals surface area contributed by atoms with Gasteiger partial charge in [-0.05, 0) is 18.9 Å². The lowest BCUT2D eigenvalue weighted by Gasteiger charge is -1.97. The maximum atomic E-state index is 9.75. The first-order valence-corrected chi connectivity index (χ1v) is 6.16. The molecule has 0 atom stereocenters. The van der Waals surface area contributed by atoms with Gasteiger partial charge in [-0.25, -0.2) is 4.57 Å². The largest absolute Gasteiger partial charge is 0.673 e. The first-order chi connectivity index (χ1) is 8.33. The number of pyridine rings is 1. The number of nitrogens with zero attached hydrogens (tertiary/aromatic N) is 1. The molecule has 0 spiro atoms. The lowest BCUT2D eigenvalue weighted by atomic mass is 10.2. The molecule has 0 bridgehead atoms. The van der Waals surface area contributed by atoms with Gasteiger partial charge in [-0.3, -0.25) is 0 Å². The summed E-state index contributed by atoms with van der Waals surface area (Å²) in [6.45, 7) is 5.54. The first kappa shape index (κ1) is 16.9. The zero-order valence-electron chi connectivity index (χ0n) is 10.9. The smallest absolute Gasteiger partial charge is 0.418 e. The third-order valence-electron chi connectivity index (χ3n) is 2.33. The Hall–Kier alpha value is -1.07. The molecular weight excluding hydrogens is 245 g/mol. The van der Waals surface area contributed by atoms with Gasteiger partial charge in [0.15, 0.2) is 12.4 Å². The van der Waals surface area contributed by atoms with Crippen LogP contribution in [0, 0.1) is 6.92 Å². The molecule has 0 aliphatic carbocycles. The van der Waals surface area contributed by atoms with Gasteiger partial charge in [0.1, 0.15) is 6.54 Å². The summed E-state index contributed by atoms with van der Waals surface area (Å²) >= 11 is 0. The molecule has 0 fully saturated rings. The van der Waals surface area contributed by atoms with Crippen molar-refractivity contribution >= 4 is 7.25 Å². The monoisotopic (exact) mass is 265 g/mol. The van der Waals surface area contributed by atoms with Crippen LogP contribution >= 0.6 is 0 Å². The van der Waals surface area contributed by atoms with E-state index in [4.69, 9.17) is 0 Å². The Morgan fingerprint density at radius 3 is 1.94 bits per heavy atom. The Kier molecular flexibility index (Phi) is 8.41. The predicted molar refractivity (Wildman–Crippen MR) is 65.7 cm³/mol. The van der Waals surface area contributed by atoms with Gasteiger partial charge < -0.3 is 17.3 Å². The summed E-state index contributed by atoms with van der Waals surface area (Å²) in [4.78, 5) is 0. The summed E-state index contributed by atoms with van der Waals surface area (Å²) in [7, 11) is -6.00. The molecule has 0 amide bonds. The Morgan fingerprint density at radius 1 is 1.00 bits per heavy atom. The van der Waals surface area contributed by atoms with Crippen LogP contribution in [0.4, 0.5) is 17.3 Å². The molecule has 0 saturated carbocycles. The number of aromatic nitrogens is 1. The molecule has 1 rings (SSSR count). The van der Waals surface area contributed by atoms with Crippen LogP contribution in [0.15, 0.2) is 24.5 Å². The number of aryl methyl sites for hydroxylation is 2. The number of hydrogen-bond acceptors (Lipinski definition) is 0. The summed E-state index contributed by atoms with van der Waals surface area (Å²) in [5.74, 6) is 0. The Labute approximate surface area is 106 Å². The molecule has 1 aromatic heterocycles. The molecule has 0 aliphatic heterocycles. The zero-order valence-corrected chi connectivity index (χ0v) is 10.9. The van der Waals surface area contributed by atoms with Gasteiger partial charge in [0.2, 0.25) is 0 Å². The quantitative estimate of drug-likeness (QED) is 0.325. The molecule has 0 aromatic carbocycles. The van der Waals surface area contributed by atoms with Crippen molar-refractivity contribution in [2.45, 2.75) is 46.1 Å². The van der Waals surface area contributed by atoms with E-state index in [0.29, 0.717) is 0 Å². The summed E-state index contributed by atoms with van der Waals surface area (Å²) in [6.07, 6.45) is 9.69. The minimum absolute atomic E-state index is 1.17. The van der Waals surface area contributed by atoms with E-state index in [-0.39, 0.29) is 0 Å². The molecule has 0 radical (unpaired) electrons. The van der Waals surface area contributed by atoms with Crippen molar-refractivity contribution in [2.24, 2.45) is 0 Å². The van der Waals surface area contributed by atoms with Gasteiger partial charge in [-0.1, -0.05) is 19.8 Å². The van der Waals surface area contributed by atoms with Crippen LogP contribution in [0.2, 0.25) is 0 Å². The van der Waals surface area contributed by atoms with E-state index >= 15 is 0 Å². The van der Waals surface area contributed by atoms with Crippen LogP contribution in [0.25, 0.3) is 0 Å². The van der Waals surface area contributed by atoms with Crippen molar-refractivity contribution in [1.82, 2.24) is 0 Å². The topological polar surface area (TPSA) is 3.88 Å². The number of hydrogen-bond donors (Lipinski definition) is 0. The molecule has 0 N–H and O–H groups in total. The first-order valence-electron chi connectivity index (χ1n) is 6.16. The maximum Gasteiger partial charge on any atom is 0.673 e. The fraction of sp³-hybridized carbons (Fsp3) is 0.583. The van der Waals surface area contributed by atoms with Crippen molar-refractivity contribution in [1.29, 1.82) is 0 Å². The van der Waals surface area contributed by atoms with Gasteiger partial charge in [0.25, 0.3) is 0 Å². The maximum absolute atomic E-state index is 9.75. The molecule has 1 aromatic rings. The van der Waals surface area contributed by atoms with Gasteiger partial charge in [-0.2, -0.15) is 0 Å². The van der Waals surface area contributed by atoms with Crippen LogP contribution in [0.5, 0.6) is 0 Å². The van der Waals surface area contributed by atoms with Gasteiger partial charge in [0, 0.05) is 18.6 Å². The highest BCUT2D eigenvalue weighted by atomic mass is 19.5. The molecule has 0 aliphatic rings. The second kappa shape index (κ2) is 8.94. The summed E-state index contributed by atoms with van der Waals surface area (Å²) in [6, 6.07) is 4.33. The predicted octanol–water partition coefficient (Wildman–Crippen LogP) is 4.16. The standard InChI is InChI=1S/C12H20N.BF4/c1-3-4-5-6-9-13-10-7-12(2)8-11-13;2-1(3,4)5/h7-8,10-11H,3-6,9H2,1-2H3;/q+1;-1. The van der Waals surface area contributed by atoms with Crippen molar-refractivity contribution in [3.05, 3.63) is 30.1 Å². The molecule has 0 unspecified atom stereocenters. The Balaban J connectivity index is 0.000000494. The van der Waals surface area contributed by atoms with E-state index in [0.717, 1.165) is 0 Å². The summed E-state index contributed by atoms with van der Waals surface area (Å²) in [5, 5.41) is 0. The number of rotatable bonds is 5. The fourth-order valence-electron chi connectivity index (χ4n) is 1.40. The second-order valence-corrected chi connectivity index (χ2v) is 4.17. The highest BCUT2D eigenvalue weighted by molar-refractivity contribution is 6.50. The van der Waals surface area contributed by atoms with Crippen LogP contribution in [-0.2, 0) is 6.54 Å². The lowest BCUT2D eigenvalue weighted by molar-refractivity contribution is -0.697. The van der Waals surface area contributed by atoms with Crippen LogP contribution < -0.4 is 4.57 Å². The second-order valence-electron chi connectivity index (χ2n) is 4.17. The van der Waals surface area contributed by atoms with E-state index in [1.54, 1.807) is 0 Å². The normalized spacial score (nSPS) is 10.8. The van der Waals surface area contributed by atoms with Gasteiger partial charge >= 0.3 is 7.25 Å². The third-order valence-corrected chi connectivity index (χ3v) is 2.33. The van der Waals surface area contributed by atoms with Crippen LogP contribution in [-0.4, -0.2) is 7.25 Å². The Bertz CT molecular complexity index is 305. The Morgan fingerprint density at radius 2 is 1.50 bits per heavy atom. The SMILES string of the molecule is CCCCCC[n+]1ccc(C)cc1.F[B-](F)(F)F. The number of halogens is 4. The summed E-state index contributed by atoms with van der Waals surface area (Å²) in [5.41, 5.74) is 1.34. The van der Waals surface area contributed by atoms with Crippen molar-refractivity contribution in [3.8, 4) is 0 Å². The van der Waals surface area contributed by atoms with Gasteiger partial charge in [-0.15, -0.1) is 0 Å². The van der Waals surface area contributed by atoms with E-state index in [1.807, 2.05) is 0 Å². The van der Waals surface area contributed by atoms with E-state index in [1.165, 1.54) is 37.8 Å². The van der Waals surface area contributed by atoms with Crippen molar-refractivity contribution < 1.29 is 21.8 Å². The minimum Gasteiger partial charge on any atom is -0.418 e. The minimum atomic E-state index is -6.00. The third kappa shape index (κ3) is 13.0. The number of unbranched alkanes of at least 4 members (excludes halogenated alkanes) is 3. The molecule has 6 heteroatoms. The molecule has 0 saturated heterocycles. The van der Waals surface area contributed by atoms with E-state index in [9.17, 15) is 17.3 Å². The molecular formula is C12H20BF4N. The molecule has 18 heavy (non-hydrogen) atoms. The zero-order chi connectivity index (χ0) is 14.0.